The lowest BCUT2D eigenvalue weighted by Crippen LogP contribution is -2.26. The lowest BCUT2D eigenvalue weighted by Gasteiger charge is -2.07. The van der Waals surface area contributed by atoms with E-state index in [2.05, 4.69) is 34.9 Å². The van der Waals surface area contributed by atoms with Crippen LogP contribution in [-0.2, 0) is 22.4 Å². The Morgan fingerprint density at radius 1 is 0.550 bits per heavy atom. The Balaban J connectivity index is 0.901. The molecule has 2 heterocycles. The molecule has 4 aromatic carbocycles. The van der Waals surface area contributed by atoms with Crippen LogP contribution in [0.3, 0.4) is 0 Å². The van der Waals surface area contributed by atoms with Crippen LogP contribution in [0.5, 0.6) is 0 Å². The van der Waals surface area contributed by atoms with Crippen molar-refractivity contribution in [3.05, 3.63) is 96.4 Å². The van der Waals surface area contributed by atoms with Crippen molar-refractivity contribution in [2.24, 2.45) is 0 Å². The molecule has 6 heteroatoms. The molecule has 40 heavy (non-hydrogen) atoms. The number of nitrogens with one attached hydrogen (secondary N) is 2. The lowest BCUT2D eigenvalue weighted by atomic mass is 10.0. The van der Waals surface area contributed by atoms with Crippen LogP contribution in [-0.4, -0.2) is 24.9 Å². The fraction of sp³-hybridized carbons (Fsp3) is 0.235. The Kier molecular flexibility index (Phi) is 7.49. The van der Waals surface area contributed by atoms with Crippen molar-refractivity contribution < 1.29 is 18.4 Å². The van der Waals surface area contributed by atoms with Crippen LogP contribution in [0, 0.1) is 0 Å². The molecule has 202 valence electrons. The fourth-order valence-electron chi connectivity index (χ4n) is 5.54. The van der Waals surface area contributed by atoms with E-state index >= 15 is 0 Å². The van der Waals surface area contributed by atoms with Gasteiger partial charge in [-0.1, -0.05) is 73.5 Å². The van der Waals surface area contributed by atoms with Gasteiger partial charge in [-0.25, -0.2) is 0 Å². The van der Waals surface area contributed by atoms with Crippen LogP contribution in [0.2, 0.25) is 0 Å². The van der Waals surface area contributed by atoms with E-state index in [0.29, 0.717) is 25.9 Å². The number of amides is 2. The molecule has 6 nitrogen and oxygen atoms in total. The third-order valence-electron chi connectivity index (χ3n) is 7.53. The van der Waals surface area contributed by atoms with Crippen LogP contribution in [0.4, 0.5) is 0 Å². The van der Waals surface area contributed by atoms with Gasteiger partial charge in [-0.2, -0.15) is 0 Å². The maximum absolute atomic E-state index is 12.6. The van der Waals surface area contributed by atoms with E-state index in [9.17, 15) is 9.59 Å². The lowest BCUT2D eigenvalue weighted by molar-refractivity contribution is -0.121. The van der Waals surface area contributed by atoms with E-state index < -0.39 is 0 Å². The van der Waals surface area contributed by atoms with Gasteiger partial charge in [0.2, 0.25) is 11.8 Å². The van der Waals surface area contributed by atoms with E-state index in [1.807, 2.05) is 48.5 Å². The number of hydrogen-bond donors (Lipinski definition) is 2. The Hall–Kier alpha value is -4.58. The molecule has 6 aromatic rings. The molecule has 0 radical (unpaired) electrons. The van der Waals surface area contributed by atoms with E-state index in [-0.39, 0.29) is 11.8 Å². The molecule has 0 saturated carbocycles. The number of unbranched alkanes of at least 4 members (excludes halogenated alkanes) is 3. The van der Waals surface area contributed by atoms with Crippen molar-refractivity contribution in [1.29, 1.82) is 0 Å². The number of benzene rings is 4. The van der Waals surface area contributed by atoms with Crippen LogP contribution >= 0.6 is 0 Å². The van der Waals surface area contributed by atoms with E-state index in [1.165, 1.54) is 0 Å². The average Bonchev–Trinajstić information content (AvgIpc) is 3.58. The molecule has 0 bridgehead atoms. The summed E-state index contributed by atoms with van der Waals surface area (Å²) >= 11 is 0. The van der Waals surface area contributed by atoms with Crippen molar-refractivity contribution in [2.45, 2.75) is 38.5 Å². The van der Waals surface area contributed by atoms with Crippen LogP contribution < -0.4 is 10.6 Å². The predicted molar refractivity (Wildman–Crippen MR) is 159 cm³/mol. The number of carbonyl (C=O) groups is 2. The maximum atomic E-state index is 12.6. The topological polar surface area (TPSA) is 84.5 Å². The maximum Gasteiger partial charge on any atom is 0.224 e. The number of fused-ring (bicyclic) bond motifs is 6. The standard InChI is InChI=1S/C34H32N2O4/c37-31(19-25-21-39-29-15-13-23-9-3-5-11-27(23)33(25)29)35-17-7-1-2-8-18-36-32(38)20-26-22-40-30-16-14-24-10-4-6-12-28(24)34(26)30/h3-6,9-16,21-22H,1-2,7-8,17-20H2,(H,35,37)(H,36,38). The van der Waals surface area contributed by atoms with Crippen molar-refractivity contribution >= 4 is 55.3 Å². The molecular formula is C34H32N2O4. The van der Waals surface area contributed by atoms with Crippen LogP contribution in [0.15, 0.2) is 94.2 Å². The zero-order valence-corrected chi connectivity index (χ0v) is 22.4. The quantitative estimate of drug-likeness (QED) is 0.175. The highest BCUT2D eigenvalue weighted by Gasteiger charge is 2.14. The van der Waals surface area contributed by atoms with Gasteiger partial charge in [0.15, 0.2) is 0 Å². The minimum atomic E-state index is 0.00227. The van der Waals surface area contributed by atoms with Gasteiger partial charge >= 0.3 is 0 Å². The molecular weight excluding hydrogens is 500 g/mol. The first-order valence-corrected chi connectivity index (χ1v) is 14.0. The van der Waals surface area contributed by atoms with Crippen LogP contribution in [0.25, 0.3) is 43.5 Å². The number of carbonyl (C=O) groups excluding carboxylic acids is 2. The smallest absolute Gasteiger partial charge is 0.224 e. The van der Waals surface area contributed by atoms with Gasteiger partial charge < -0.3 is 19.5 Å². The first kappa shape index (κ1) is 25.7. The summed E-state index contributed by atoms with van der Waals surface area (Å²) in [5.41, 5.74) is 3.44. The monoisotopic (exact) mass is 532 g/mol. The fourth-order valence-corrected chi connectivity index (χ4v) is 5.54. The van der Waals surface area contributed by atoms with Gasteiger partial charge in [0.05, 0.1) is 25.4 Å². The van der Waals surface area contributed by atoms with E-state index in [4.69, 9.17) is 8.83 Å². The summed E-state index contributed by atoms with van der Waals surface area (Å²) in [6, 6.07) is 24.3. The second kappa shape index (κ2) is 11.7. The Bertz CT molecular complexity index is 1680. The summed E-state index contributed by atoms with van der Waals surface area (Å²) in [5, 5.41) is 12.6. The van der Waals surface area contributed by atoms with Gasteiger partial charge in [-0.3, -0.25) is 9.59 Å². The molecule has 2 N–H and O–H groups in total. The third kappa shape index (κ3) is 5.43. The summed E-state index contributed by atoms with van der Waals surface area (Å²) in [4.78, 5) is 25.2. The number of rotatable bonds is 11. The summed E-state index contributed by atoms with van der Waals surface area (Å²) in [5.74, 6) is 0.00453. The molecule has 0 unspecified atom stereocenters. The van der Waals surface area contributed by atoms with Gasteiger partial charge in [-0.15, -0.1) is 0 Å². The minimum absolute atomic E-state index is 0.00227. The molecule has 0 aliphatic carbocycles. The molecule has 0 atom stereocenters. The Morgan fingerprint density at radius 3 is 1.48 bits per heavy atom. The zero-order valence-electron chi connectivity index (χ0n) is 22.4. The summed E-state index contributed by atoms with van der Waals surface area (Å²) < 4.78 is 11.4. The highest BCUT2D eigenvalue weighted by molar-refractivity contribution is 6.09. The molecule has 0 spiro atoms. The first-order valence-electron chi connectivity index (χ1n) is 14.0. The summed E-state index contributed by atoms with van der Waals surface area (Å²) in [6.07, 6.45) is 7.79. The van der Waals surface area contributed by atoms with E-state index in [0.717, 1.165) is 80.3 Å². The highest BCUT2D eigenvalue weighted by atomic mass is 16.3. The van der Waals surface area contributed by atoms with E-state index in [1.54, 1.807) is 12.5 Å². The van der Waals surface area contributed by atoms with Gasteiger partial charge in [0.25, 0.3) is 0 Å². The third-order valence-corrected chi connectivity index (χ3v) is 7.53. The molecule has 0 saturated heterocycles. The second-order valence-corrected chi connectivity index (χ2v) is 10.3. The first-order chi connectivity index (χ1) is 19.7. The minimum Gasteiger partial charge on any atom is -0.464 e. The molecule has 0 aliphatic rings. The molecule has 0 fully saturated rings. The molecule has 6 rings (SSSR count). The molecule has 0 aliphatic heterocycles. The number of furan rings is 2. The zero-order chi connectivity index (χ0) is 27.3. The number of hydrogen-bond acceptors (Lipinski definition) is 4. The predicted octanol–water partition coefficient (Wildman–Crippen LogP) is 7.06. The van der Waals surface area contributed by atoms with Gasteiger partial charge in [0.1, 0.15) is 11.2 Å². The van der Waals surface area contributed by atoms with Gasteiger partial charge in [-0.05, 0) is 46.5 Å². The van der Waals surface area contributed by atoms with Crippen molar-refractivity contribution in [1.82, 2.24) is 10.6 Å². The normalized spacial score (nSPS) is 11.5. The van der Waals surface area contributed by atoms with Crippen molar-refractivity contribution in [3.8, 4) is 0 Å². The largest absolute Gasteiger partial charge is 0.464 e. The Morgan fingerprint density at radius 2 is 1.00 bits per heavy atom. The second-order valence-electron chi connectivity index (χ2n) is 10.3. The van der Waals surface area contributed by atoms with Crippen molar-refractivity contribution in [2.75, 3.05) is 13.1 Å². The van der Waals surface area contributed by atoms with Crippen molar-refractivity contribution in [3.63, 3.8) is 0 Å². The summed E-state index contributed by atoms with van der Waals surface area (Å²) in [7, 11) is 0. The summed E-state index contributed by atoms with van der Waals surface area (Å²) in [6.45, 7) is 1.28. The average molecular weight is 533 g/mol. The van der Waals surface area contributed by atoms with Gasteiger partial charge in [0, 0.05) is 35.0 Å². The Labute approximate surface area is 232 Å². The molecule has 2 aromatic heterocycles. The highest BCUT2D eigenvalue weighted by Crippen LogP contribution is 2.31. The SMILES string of the molecule is O=C(Cc1coc2ccc3ccccc3c12)NCCCCCCNC(=O)Cc1coc2ccc3ccccc3c12. The molecule has 2 amide bonds. The van der Waals surface area contributed by atoms with Crippen LogP contribution in [0.1, 0.15) is 36.8 Å².